The highest BCUT2D eigenvalue weighted by Gasteiger charge is 2.00. The van der Waals surface area contributed by atoms with Crippen molar-refractivity contribution < 1.29 is 0 Å². The number of hydrogen-bond acceptors (Lipinski definition) is 2. The average Bonchev–Trinajstić information content (AvgIpc) is 2.28. The normalized spacial score (nSPS) is 12.3. The van der Waals surface area contributed by atoms with Crippen LogP contribution in [0.5, 0.6) is 0 Å². The van der Waals surface area contributed by atoms with Crippen LogP contribution in [-0.4, -0.2) is 11.0 Å². The second-order valence-corrected chi connectivity index (χ2v) is 3.86. The van der Waals surface area contributed by atoms with E-state index in [2.05, 4.69) is 23.8 Å². The highest BCUT2D eigenvalue weighted by atomic mass is 14.9. The van der Waals surface area contributed by atoms with Gasteiger partial charge in [-0.25, -0.2) is 0 Å². The summed E-state index contributed by atoms with van der Waals surface area (Å²) in [5.41, 5.74) is 1.29. The number of allylic oxidation sites excluding steroid dienone is 1. The Kier molecular flexibility index (Phi) is 5.71. The molecule has 1 aromatic heterocycles. The number of pyridine rings is 1. The third kappa shape index (κ3) is 5.33. The van der Waals surface area contributed by atoms with Gasteiger partial charge >= 0.3 is 0 Å². The molecule has 0 saturated heterocycles. The number of hydrogen-bond donors (Lipinski definition) is 1. The molecule has 82 valence electrons. The monoisotopic (exact) mass is 204 g/mol. The molecule has 0 fully saturated rings. The Balaban J connectivity index is 2.16. The van der Waals surface area contributed by atoms with Crippen molar-refractivity contribution in [3.63, 3.8) is 0 Å². The molecule has 1 heterocycles. The maximum Gasteiger partial charge on any atom is 0.0271 e. The summed E-state index contributed by atoms with van der Waals surface area (Å²) >= 11 is 0. The first kappa shape index (κ1) is 11.9. The van der Waals surface area contributed by atoms with Crippen LogP contribution in [0.4, 0.5) is 0 Å². The lowest BCUT2D eigenvalue weighted by Gasteiger charge is -2.12. The molecule has 0 saturated carbocycles. The minimum Gasteiger partial charge on any atom is -0.310 e. The van der Waals surface area contributed by atoms with E-state index in [1.165, 1.54) is 18.4 Å². The van der Waals surface area contributed by atoms with Gasteiger partial charge in [-0.1, -0.05) is 6.08 Å². The van der Waals surface area contributed by atoms with Crippen molar-refractivity contribution in [3.8, 4) is 0 Å². The molecule has 0 bridgehead atoms. The van der Waals surface area contributed by atoms with E-state index in [0.717, 1.165) is 13.0 Å². The van der Waals surface area contributed by atoms with Crippen LogP contribution < -0.4 is 5.32 Å². The van der Waals surface area contributed by atoms with Crippen molar-refractivity contribution in [1.29, 1.82) is 0 Å². The van der Waals surface area contributed by atoms with E-state index in [1.54, 1.807) is 0 Å². The maximum absolute atomic E-state index is 3.99. The smallest absolute Gasteiger partial charge is 0.0271 e. The Morgan fingerprint density at radius 2 is 2.20 bits per heavy atom. The Morgan fingerprint density at radius 3 is 2.87 bits per heavy atom. The standard InChI is InChI=1S/C13H20N2/c1-3-4-5-6-12(2)15-11-13-7-9-14-10-8-13/h3,7-10,12,15H,1,4-6,11H2,2H3. The molecule has 2 nitrogen and oxygen atoms in total. The average molecular weight is 204 g/mol. The minimum absolute atomic E-state index is 0.568. The fourth-order valence-corrected chi connectivity index (χ4v) is 1.46. The predicted molar refractivity (Wildman–Crippen MR) is 64.6 cm³/mol. The van der Waals surface area contributed by atoms with Gasteiger partial charge in [-0.3, -0.25) is 4.98 Å². The summed E-state index contributed by atoms with van der Waals surface area (Å²) in [6, 6.07) is 4.66. The topological polar surface area (TPSA) is 24.9 Å². The van der Waals surface area contributed by atoms with E-state index in [4.69, 9.17) is 0 Å². The number of nitrogens with one attached hydrogen (secondary N) is 1. The molecular formula is C13H20N2. The van der Waals surface area contributed by atoms with Gasteiger partial charge in [0.15, 0.2) is 0 Å². The SMILES string of the molecule is C=CCCCC(C)NCc1ccncc1. The minimum atomic E-state index is 0.568. The molecule has 1 rings (SSSR count). The molecule has 0 spiro atoms. The molecule has 0 aliphatic rings. The Hall–Kier alpha value is -1.15. The summed E-state index contributed by atoms with van der Waals surface area (Å²) in [7, 11) is 0. The van der Waals surface area contributed by atoms with Crippen molar-refractivity contribution >= 4 is 0 Å². The van der Waals surface area contributed by atoms with Crippen molar-refractivity contribution in [2.75, 3.05) is 0 Å². The summed E-state index contributed by atoms with van der Waals surface area (Å²) in [6.07, 6.45) is 9.18. The summed E-state index contributed by atoms with van der Waals surface area (Å²) in [5.74, 6) is 0. The van der Waals surface area contributed by atoms with Gasteiger partial charge in [0.25, 0.3) is 0 Å². The predicted octanol–water partition coefficient (Wildman–Crippen LogP) is 2.92. The van der Waals surface area contributed by atoms with E-state index < -0.39 is 0 Å². The molecule has 1 unspecified atom stereocenters. The second kappa shape index (κ2) is 7.18. The molecule has 15 heavy (non-hydrogen) atoms. The van der Waals surface area contributed by atoms with Crippen LogP contribution in [-0.2, 0) is 6.54 Å². The van der Waals surface area contributed by atoms with Gasteiger partial charge in [0.1, 0.15) is 0 Å². The van der Waals surface area contributed by atoms with Crippen LogP contribution in [0.3, 0.4) is 0 Å². The molecule has 0 aromatic carbocycles. The first-order chi connectivity index (χ1) is 7.33. The van der Waals surface area contributed by atoms with Gasteiger partial charge in [0.05, 0.1) is 0 Å². The Morgan fingerprint density at radius 1 is 1.47 bits per heavy atom. The van der Waals surface area contributed by atoms with E-state index in [-0.39, 0.29) is 0 Å². The zero-order chi connectivity index (χ0) is 10.9. The first-order valence-corrected chi connectivity index (χ1v) is 5.56. The highest BCUT2D eigenvalue weighted by molar-refractivity contribution is 5.09. The van der Waals surface area contributed by atoms with Gasteiger partial charge in [-0.15, -0.1) is 6.58 Å². The Labute approximate surface area is 92.4 Å². The second-order valence-electron chi connectivity index (χ2n) is 3.86. The first-order valence-electron chi connectivity index (χ1n) is 5.56. The fraction of sp³-hybridized carbons (Fsp3) is 0.462. The summed E-state index contributed by atoms with van der Waals surface area (Å²) in [5, 5.41) is 3.50. The van der Waals surface area contributed by atoms with Crippen molar-refractivity contribution in [3.05, 3.63) is 42.7 Å². The lowest BCUT2D eigenvalue weighted by atomic mass is 10.1. The van der Waals surface area contributed by atoms with Gasteiger partial charge in [0.2, 0.25) is 0 Å². The summed E-state index contributed by atoms with van der Waals surface area (Å²) in [4.78, 5) is 3.99. The van der Waals surface area contributed by atoms with E-state index in [0.29, 0.717) is 6.04 Å². The van der Waals surface area contributed by atoms with Crippen LogP contribution >= 0.6 is 0 Å². The molecule has 1 aromatic rings. The third-order valence-corrected chi connectivity index (χ3v) is 2.45. The van der Waals surface area contributed by atoms with Crippen LogP contribution in [0.15, 0.2) is 37.2 Å². The lowest BCUT2D eigenvalue weighted by molar-refractivity contribution is 0.500. The number of nitrogens with zero attached hydrogens (tertiary/aromatic N) is 1. The number of rotatable bonds is 7. The lowest BCUT2D eigenvalue weighted by Crippen LogP contribution is -2.25. The summed E-state index contributed by atoms with van der Waals surface area (Å²) < 4.78 is 0. The zero-order valence-electron chi connectivity index (χ0n) is 9.45. The van der Waals surface area contributed by atoms with Crippen molar-refractivity contribution in [2.45, 2.75) is 38.8 Å². The van der Waals surface area contributed by atoms with Crippen LogP contribution in [0.2, 0.25) is 0 Å². The fourth-order valence-electron chi connectivity index (χ4n) is 1.46. The molecule has 0 aliphatic heterocycles. The van der Waals surface area contributed by atoms with E-state index >= 15 is 0 Å². The highest BCUT2D eigenvalue weighted by Crippen LogP contribution is 2.02. The molecular weight excluding hydrogens is 184 g/mol. The Bertz CT molecular complexity index is 269. The van der Waals surface area contributed by atoms with E-state index in [9.17, 15) is 0 Å². The van der Waals surface area contributed by atoms with Gasteiger partial charge in [0, 0.05) is 25.0 Å². The molecule has 1 atom stereocenters. The van der Waals surface area contributed by atoms with Gasteiger partial charge < -0.3 is 5.32 Å². The molecule has 2 heteroatoms. The molecule has 0 amide bonds. The van der Waals surface area contributed by atoms with Gasteiger partial charge in [-0.2, -0.15) is 0 Å². The molecule has 0 radical (unpaired) electrons. The molecule has 1 N–H and O–H groups in total. The van der Waals surface area contributed by atoms with Crippen LogP contribution in [0.1, 0.15) is 31.7 Å². The van der Waals surface area contributed by atoms with E-state index in [1.807, 2.05) is 30.6 Å². The van der Waals surface area contributed by atoms with Crippen molar-refractivity contribution in [2.24, 2.45) is 0 Å². The van der Waals surface area contributed by atoms with Gasteiger partial charge in [-0.05, 0) is 43.9 Å². The maximum atomic E-state index is 3.99. The quantitative estimate of drug-likeness (QED) is 0.545. The van der Waals surface area contributed by atoms with Crippen LogP contribution in [0.25, 0.3) is 0 Å². The third-order valence-electron chi connectivity index (χ3n) is 2.45. The number of aromatic nitrogens is 1. The van der Waals surface area contributed by atoms with Crippen LogP contribution in [0, 0.1) is 0 Å². The largest absolute Gasteiger partial charge is 0.310 e. The number of unbranched alkanes of at least 4 members (excludes halogenated alkanes) is 1. The van der Waals surface area contributed by atoms with Crippen molar-refractivity contribution in [1.82, 2.24) is 10.3 Å². The summed E-state index contributed by atoms with van der Waals surface area (Å²) in [6.45, 7) is 6.88. The zero-order valence-corrected chi connectivity index (χ0v) is 9.45. The molecule has 0 aliphatic carbocycles.